The van der Waals surface area contributed by atoms with Crippen molar-refractivity contribution in [1.29, 1.82) is 0 Å². The van der Waals surface area contributed by atoms with E-state index in [2.05, 4.69) is 34.8 Å². The Kier molecular flexibility index (Phi) is 4.77. The number of rotatable bonds is 5. The van der Waals surface area contributed by atoms with E-state index in [9.17, 15) is 0 Å². The largest absolute Gasteiger partial charge is 0.493 e. The molecule has 2 N–H and O–H groups in total. The number of aromatic nitrogens is 2. The highest BCUT2D eigenvalue weighted by molar-refractivity contribution is 9.10. The molecule has 0 aliphatic carbocycles. The lowest BCUT2D eigenvalue weighted by atomic mass is 10.1. The molecular weight excluding hydrogens is 334 g/mol. The van der Waals surface area contributed by atoms with Crippen molar-refractivity contribution in [3.8, 4) is 22.8 Å². The molecule has 0 saturated heterocycles. The topological polar surface area (TPSA) is 62.3 Å². The summed E-state index contributed by atoms with van der Waals surface area (Å²) in [5.41, 5.74) is 7.92. The number of nitrogens with zero attached hydrogens (tertiary/aromatic N) is 2. The van der Waals surface area contributed by atoms with Crippen LogP contribution in [-0.4, -0.2) is 23.8 Å². The zero-order chi connectivity index (χ0) is 15.6. The van der Waals surface area contributed by atoms with Gasteiger partial charge in [0.2, 0.25) is 0 Å². The third-order valence-corrected chi connectivity index (χ3v) is 4.10. The molecule has 0 bridgehead atoms. The molecule has 1 aromatic heterocycles. The van der Waals surface area contributed by atoms with Gasteiger partial charge >= 0.3 is 0 Å². The van der Waals surface area contributed by atoms with E-state index in [1.807, 2.05) is 16.7 Å². The molecule has 2 aromatic rings. The van der Waals surface area contributed by atoms with Crippen LogP contribution in [0.15, 0.2) is 16.6 Å². The van der Waals surface area contributed by atoms with Gasteiger partial charge in [-0.05, 0) is 35.0 Å². The van der Waals surface area contributed by atoms with Crippen molar-refractivity contribution in [2.45, 2.75) is 26.8 Å². The molecule has 0 unspecified atom stereocenters. The quantitative estimate of drug-likeness (QED) is 0.893. The minimum atomic E-state index is 0.652. The highest BCUT2D eigenvalue weighted by atomic mass is 79.9. The van der Waals surface area contributed by atoms with Gasteiger partial charge in [0.25, 0.3) is 0 Å². The Labute approximate surface area is 133 Å². The summed E-state index contributed by atoms with van der Waals surface area (Å²) in [4.78, 5) is 4.67. The van der Waals surface area contributed by atoms with E-state index in [0.717, 1.165) is 34.5 Å². The second-order valence-electron chi connectivity index (χ2n) is 4.55. The second kappa shape index (κ2) is 6.39. The minimum Gasteiger partial charge on any atom is -0.493 e. The van der Waals surface area contributed by atoms with Crippen molar-refractivity contribution in [1.82, 2.24) is 9.55 Å². The van der Waals surface area contributed by atoms with E-state index < -0.39 is 0 Å². The molecule has 1 aromatic carbocycles. The van der Waals surface area contributed by atoms with Crippen molar-refractivity contribution in [2.24, 2.45) is 0 Å². The van der Waals surface area contributed by atoms with E-state index >= 15 is 0 Å². The molecule has 0 amide bonds. The number of hydrogen-bond acceptors (Lipinski definition) is 4. The number of hydrogen-bond donors (Lipinski definition) is 1. The molecule has 0 atom stereocenters. The third-order valence-electron chi connectivity index (χ3n) is 3.45. The van der Waals surface area contributed by atoms with Gasteiger partial charge in [-0.15, -0.1) is 0 Å². The van der Waals surface area contributed by atoms with Crippen molar-refractivity contribution < 1.29 is 9.47 Å². The summed E-state index contributed by atoms with van der Waals surface area (Å²) in [6.45, 7) is 4.93. The average molecular weight is 354 g/mol. The Morgan fingerprint density at radius 2 is 1.81 bits per heavy atom. The smallest absolute Gasteiger partial charge is 0.161 e. The number of imidazole rings is 1. The number of anilines is 1. The summed E-state index contributed by atoms with van der Waals surface area (Å²) in [5, 5.41) is 0. The minimum absolute atomic E-state index is 0.652. The van der Waals surface area contributed by atoms with Crippen molar-refractivity contribution in [3.63, 3.8) is 0 Å². The number of nitrogens with two attached hydrogens (primary N) is 1. The van der Waals surface area contributed by atoms with E-state index in [1.165, 1.54) is 0 Å². The number of nitrogen functional groups attached to an aromatic ring is 1. The SMILES string of the molecule is CCc1nc(-c2cc(OC)c(OC)cc2Br)c(N)n1CC. The molecule has 5 nitrogen and oxygen atoms in total. The van der Waals surface area contributed by atoms with Gasteiger partial charge < -0.3 is 19.8 Å². The van der Waals surface area contributed by atoms with Crippen molar-refractivity contribution in [2.75, 3.05) is 20.0 Å². The monoisotopic (exact) mass is 353 g/mol. The molecular formula is C15H20BrN3O2. The normalized spacial score (nSPS) is 10.7. The fourth-order valence-corrected chi connectivity index (χ4v) is 2.88. The van der Waals surface area contributed by atoms with Crippen LogP contribution in [0.3, 0.4) is 0 Å². The van der Waals surface area contributed by atoms with E-state index in [1.54, 1.807) is 14.2 Å². The van der Waals surface area contributed by atoms with Gasteiger partial charge in [-0.2, -0.15) is 0 Å². The molecule has 0 radical (unpaired) electrons. The Morgan fingerprint density at radius 3 is 2.29 bits per heavy atom. The predicted molar refractivity (Wildman–Crippen MR) is 87.9 cm³/mol. The van der Waals surface area contributed by atoms with Gasteiger partial charge in [0.1, 0.15) is 17.3 Å². The number of methoxy groups -OCH3 is 2. The van der Waals surface area contributed by atoms with Crippen LogP contribution in [0.25, 0.3) is 11.3 Å². The molecule has 21 heavy (non-hydrogen) atoms. The first-order chi connectivity index (χ1) is 10.1. The van der Waals surface area contributed by atoms with Gasteiger partial charge in [0.15, 0.2) is 11.5 Å². The Hall–Kier alpha value is -1.69. The van der Waals surface area contributed by atoms with Crippen LogP contribution >= 0.6 is 15.9 Å². The van der Waals surface area contributed by atoms with Gasteiger partial charge in [0, 0.05) is 23.0 Å². The van der Waals surface area contributed by atoms with Crippen LogP contribution in [0.4, 0.5) is 5.82 Å². The van der Waals surface area contributed by atoms with Crippen LogP contribution in [-0.2, 0) is 13.0 Å². The third kappa shape index (κ3) is 2.72. The van der Waals surface area contributed by atoms with Crippen LogP contribution < -0.4 is 15.2 Å². The van der Waals surface area contributed by atoms with E-state index in [-0.39, 0.29) is 0 Å². The molecule has 6 heteroatoms. The van der Waals surface area contributed by atoms with Gasteiger partial charge in [-0.3, -0.25) is 0 Å². The predicted octanol–water partition coefficient (Wildman–Crippen LogP) is 3.49. The first-order valence-corrected chi connectivity index (χ1v) is 7.63. The summed E-state index contributed by atoms with van der Waals surface area (Å²) in [6.07, 6.45) is 0.836. The number of ether oxygens (including phenoxy) is 2. The number of halogens is 1. The van der Waals surface area contributed by atoms with Crippen molar-refractivity contribution >= 4 is 21.7 Å². The Morgan fingerprint density at radius 1 is 1.19 bits per heavy atom. The lowest BCUT2D eigenvalue weighted by Crippen LogP contribution is -2.04. The van der Waals surface area contributed by atoms with E-state index in [0.29, 0.717) is 17.3 Å². The maximum atomic E-state index is 6.26. The lowest BCUT2D eigenvalue weighted by molar-refractivity contribution is 0.355. The molecule has 0 saturated carbocycles. The number of aryl methyl sites for hydroxylation is 1. The lowest BCUT2D eigenvalue weighted by Gasteiger charge is -2.11. The standard InChI is InChI=1S/C15H20BrN3O2/c1-5-13-18-14(15(17)19(13)6-2)9-7-11(20-3)12(21-4)8-10(9)16/h7-8H,5-6,17H2,1-4H3. The zero-order valence-corrected chi connectivity index (χ0v) is 14.3. The summed E-state index contributed by atoms with van der Waals surface area (Å²) < 4.78 is 13.6. The maximum absolute atomic E-state index is 6.26. The first-order valence-electron chi connectivity index (χ1n) is 6.84. The Bertz CT molecular complexity index is 653. The number of benzene rings is 1. The highest BCUT2D eigenvalue weighted by Crippen LogP contribution is 2.40. The molecule has 114 valence electrons. The molecule has 1 heterocycles. The van der Waals surface area contributed by atoms with Crippen LogP contribution in [0.1, 0.15) is 19.7 Å². The van der Waals surface area contributed by atoms with Gasteiger partial charge in [-0.1, -0.05) is 6.92 Å². The van der Waals surface area contributed by atoms with E-state index in [4.69, 9.17) is 15.2 Å². The second-order valence-corrected chi connectivity index (χ2v) is 5.40. The van der Waals surface area contributed by atoms with Gasteiger partial charge in [0.05, 0.1) is 14.2 Å². The summed E-state index contributed by atoms with van der Waals surface area (Å²) in [5.74, 6) is 2.96. The summed E-state index contributed by atoms with van der Waals surface area (Å²) in [7, 11) is 3.22. The fraction of sp³-hybridized carbons (Fsp3) is 0.400. The fourth-order valence-electron chi connectivity index (χ4n) is 2.37. The van der Waals surface area contributed by atoms with Crippen molar-refractivity contribution in [3.05, 3.63) is 22.4 Å². The van der Waals surface area contributed by atoms with Crippen LogP contribution in [0, 0.1) is 0 Å². The van der Waals surface area contributed by atoms with Crippen LogP contribution in [0.5, 0.6) is 11.5 Å². The molecule has 0 aliphatic heterocycles. The first kappa shape index (κ1) is 15.7. The van der Waals surface area contributed by atoms with Gasteiger partial charge in [-0.25, -0.2) is 4.98 Å². The summed E-state index contributed by atoms with van der Waals surface area (Å²) in [6, 6.07) is 3.76. The summed E-state index contributed by atoms with van der Waals surface area (Å²) >= 11 is 3.56. The maximum Gasteiger partial charge on any atom is 0.161 e. The highest BCUT2D eigenvalue weighted by Gasteiger charge is 2.19. The molecule has 0 fully saturated rings. The molecule has 0 spiro atoms. The van der Waals surface area contributed by atoms with Crippen LogP contribution in [0.2, 0.25) is 0 Å². The molecule has 0 aliphatic rings. The zero-order valence-electron chi connectivity index (χ0n) is 12.7. The molecule has 2 rings (SSSR count). The average Bonchev–Trinajstić information content (AvgIpc) is 2.82. The Balaban J connectivity index is 2.64.